The second-order valence-corrected chi connectivity index (χ2v) is 6.06. The summed E-state index contributed by atoms with van der Waals surface area (Å²) in [6.07, 6.45) is 0. The highest BCUT2D eigenvalue weighted by atomic mass is 35.5. The van der Waals surface area contributed by atoms with Crippen LogP contribution in [0, 0.1) is 13.8 Å². The van der Waals surface area contributed by atoms with Crippen molar-refractivity contribution in [1.29, 1.82) is 0 Å². The first-order valence-corrected chi connectivity index (χ1v) is 7.99. The van der Waals surface area contributed by atoms with E-state index in [9.17, 15) is 4.79 Å². The largest absolute Gasteiger partial charge is 0.360 e. The van der Waals surface area contributed by atoms with Gasteiger partial charge in [-0.1, -0.05) is 28.4 Å². The Balaban J connectivity index is 1.82. The molecule has 0 aliphatic heterocycles. The van der Waals surface area contributed by atoms with Crippen molar-refractivity contribution in [2.24, 2.45) is 0 Å². The van der Waals surface area contributed by atoms with Crippen LogP contribution in [0.4, 0.5) is 17.5 Å². The van der Waals surface area contributed by atoms with Gasteiger partial charge in [0.25, 0.3) is 5.91 Å². The molecule has 25 heavy (non-hydrogen) atoms. The summed E-state index contributed by atoms with van der Waals surface area (Å²) in [7, 11) is 0. The highest BCUT2D eigenvalue weighted by Gasteiger charge is 2.13. The molecule has 0 atom stereocenters. The fraction of sp³-hybridized carbons (Fsp3) is 0.125. The summed E-state index contributed by atoms with van der Waals surface area (Å²) >= 11 is 11.9. The van der Waals surface area contributed by atoms with Crippen LogP contribution in [0.15, 0.2) is 34.9 Å². The fourth-order valence-electron chi connectivity index (χ4n) is 2.05. The van der Waals surface area contributed by atoms with Crippen LogP contribution in [-0.2, 0) is 0 Å². The zero-order chi connectivity index (χ0) is 18.0. The molecule has 0 saturated heterocycles. The average molecular weight is 378 g/mol. The van der Waals surface area contributed by atoms with E-state index in [1.54, 1.807) is 44.2 Å². The molecular weight excluding hydrogens is 365 g/mol. The van der Waals surface area contributed by atoms with Gasteiger partial charge in [0, 0.05) is 17.4 Å². The maximum atomic E-state index is 12.3. The van der Waals surface area contributed by atoms with Gasteiger partial charge in [0.2, 0.25) is 5.95 Å². The number of carbonyl (C=O) groups is 1. The van der Waals surface area contributed by atoms with Gasteiger partial charge in [-0.25, -0.2) is 9.97 Å². The van der Waals surface area contributed by atoms with Gasteiger partial charge in [-0.05, 0) is 38.1 Å². The van der Waals surface area contributed by atoms with Gasteiger partial charge in [-0.15, -0.1) is 0 Å². The zero-order valence-corrected chi connectivity index (χ0v) is 14.8. The molecule has 0 bridgehead atoms. The van der Waals surface area contributed by atoms with Crippen LogP contribution in [0.25, 0.3) is 0 Å². The van der Waals surface area contributed by atoms with E-state index in [-0.39, 0.29) is 11.6 Å². The second-order valence-electron chi connectivity index (χ2n) is 5.25. The third kappa shape index (κ3) is 4.26. The molecular formula is C16H13Cl2N5O2. The van der Waals surface area contributed by atoms with Crippen LogP contribution in [0.2, 0.25) is 10.0 Å². The van der Waals surface area contributed by atoms with Gasteiger partial charge in [0.05, 0.1) is 10.0 Å². The van der Waals surface area contributed by atoms with Crippen molar-refractivity contribution in [3.8, 4) is 0 Å². The molecule has 2 N–H and O–H groups in total. The van der Waals surface area contributed by atoms with Crippen LogP contribution in [0.3, 0.4) is 0 Å². The number of rotatable bonds is 4. The number of anilines is 3. The van der Waals surface area contributed by atoms with E-state index in [0.717, 1.165) is 0 Å². The molecule has 0 radical (unpaired) electrons. The number of aryl methyl sites for hydroxylation is 2. The van der Waals surface area contributed by atoms with E-state index >= 15 is 0 Å². The maximum Gasteiger partial charge on any atom is 0.275 e. The molecule has 0 fully saturated rings. The molecule has 0 aliphatic carbocycles. The normalized spacial score (nSPS) is 10.6. The topological polar surface area (TPSA) is 92.9 Å². The minimum absolute atomic E-state index is 0.190. The molecule has 1 aromatic carbocycles. The van der Waals surface area contributed by atoms with Crippen molar-refractivity contribution >= 4 is 46.6 Å². The lowest BCUT2D eigenvalue weighted by Crippen LogP contribution is -2.15. The predicted molar refractivity (Wildman–Crippen MR) is 95.7 cm³/mol. The number of nitrogens with zero attached hydrogens (tertiary/aromatic N) is 3. The number of hydrogen-bond donors (Lipinski definition) is 2. The highest BCUT2D eigenvalue weighted by Crippen LogP contribution is 2.26. The number of benzene rings is 1. The molecule has 0 unspecified atom stereocenters. The summed E-state index contributed by atoms with van der Waals surface area (Å²) in [6.45, 7) is 3.50. The Kier molecular flexibility index (Phi) is 4.87. The number of carbonyl (C=O) groups excluding carboxylic acids is 1. The zero-order valence-electron chi connectivity index (χ0n) is 13.3. The standard InChI is InChI=1S/C16H13Cl2N5O2/c1-8-5-13(15(24)22-14-6-9(2)25-23-14)21-16(19-8)20-10-3-4-11(17)12(18)7-10/h3-7H,1-2H3,(H,19,20,21)(H,22,23,24). The Morgan fingerprint density at radius 1 is 1.08 bits per heavy atom. The van der Waals surface area contributed by atoms with Crippen molar-refractivity contribution in [1.82, 2.24) is 15.1 Å². The van der Waals surface area contributed by atoms with Gasteiger partial charge in [-0.2, -0.15) is 0 Å². The summed E-state index contributed by atoms with van der Waals surface area (Å²) in [5, 5.41) is 10.2. The van der Waals surface area contributed by atoms with E-state index < -0.39 is 5.91 Å². The van der Waals surface area contributed by atoms with Gasteiger partial charge in [0.15, 0.2) is 5.82 Å². The smallest absolute Gasteiger partial charge is 0.275 e. The molecule has 3 rings (SSSR count). The predicted octanol–water partition coefficient (Wildman–Crippen LogP) is 4.38. The summed E-state index contributed by atoms with van der Waals surface area (Å²) in [5.41, 5.74) is 1.47. The Hall–Kier alpha value is -2.64. The lowest BCUT2D eigenvalue weighted by Gasteiger charge is -2.08. The minimum atomic E-state index is -0.420. The molecule has 2 heterocycles. The van der Waals surface area contributed by atoms with Crippen LogP contribution in [-0.4, -0.2) is 21.0 Å². The first kappa shape index (κ1) is 17.2. The molecule has 2 aromatic heterocycles. The van der Waals surface area contributed by atoms with Gasteiger partial charge < -0.3 is 15.2 Å². The van der Waals surface area contributed by atoms with E-state index in [0.29, 0.717) is 33.0 Å². The number of hydrogen-bond acceptors (Lipinski definition) is 6. The first-order chi connectivity index (χ1) is 11.9. The van der Waals surface area contributed by atoms with Crippen LogP contribution < -0.4 is 10.6 Å². The number of halogens is 2. The van der Waals surface area contributed by atoms with Crippen LogP contribution in [0.1, 0.15) is 21.9 Å². The molecule has 1 amide bonds. The summed E-state index contributed by atoms with van der Waals surface area (Å²) in [4.78, 5) is 20.8. The molecule has 3 aromatic rings. The lowest BCUT2D eigenvalue weighted by molar-refractivity contribution is 0.102. The van der Waals surface area contributed by atoms with Crippen molar-refractivity contribution in [3.05, 3.63) is 57.5 Å². The van der Waals surface area contributed by atoms with Crippen molar-refractivity contribution in [2.45, 2.75) is 13.8 Å². The number of nitrogens with one attached hydrogen (secondary N) is 2. The SMILES string of the molecule is Cc1cc(C(=O)Nc2cc(C)on2)nc(Nc2ccc(Cl)c(Cl)c2)n1. The highest BCUT2D eigenvalue weighted by molar-refractivity contribution is 6.42. The van der Waals surface area contributed by atoms with E-state index in [2.05, 4.69) is 25.8 Å². The molecule has 128 valence electrons. The number of aromatic nitrogens is 3. The minimum Gasteiger partial charge on any atom is -0.360 e. The van der Waals surface area contributed by atoms with E-state index in [1.165, 1.54) is 0 Å². The Morgan fingerprint density at radius 2 is 1.88 bits per heavy atom. The summed E-state index contributed by atoms with van der Waals surface area (Å²) in [5.74, 6) is 0.754. The van der Waals surface area contributed by atoms with E-state index in [1.807, 2.05) is 0 Å². The maximum absolute atomic E-state index is 12.3. The molecule has 0 spiro atoms. The quantitative estimate of drug-likeness (QED) is 0.700. The Bertz CT molecular complexity index is 942. The van der Waals surface area contributed by atoms with Crippen molar-refractivity contribution in [2.75, 3.05) is 10.6 Å². The second kappa shape index (κ2) is 7.08. The van der Waals surface area contributed by atoms with Crippen LogP contribution >= 0.6 is 23.2 Å². The monoisotopic (exact) mass is 377 g/mol. The molecule has 0 aliphatic rings. The van der Waals surface area contributed by atoms with Gasteiger partial charge >= 0.3 is 0 Å². The first-order valence-electron chi connectivity index (χ1n) is 7.23. The lowest BCUT2D eigenvalue weighted by atomic mass is 10.3. The third-order valence-electron chi connectivity index (χ3n) is 3.13. The van der Waals surface area contributed by atoms with Gasteiger partial charge in [-0.3, -0.25) is 4.79 Å². The molecule has 0 saturated carbocycles. The van der Waals surface area contributed by atoms with Gasteiger partial charge in [0.1, 0.15) is 11.5 Å². The average Bonchev–Trinajstić information content (AvgIpc) is 2.95. The number of amides is 1. The summed E-state index contributed by atoms with van der Waals surface area (Å²) < 4.78 is 4.92. The van der Waals surface area contributed by atoms with Crippen molar-refractivity contribution in [3.63, 3.8) is 0 Å². The fourth-order valence-corrected chi connectivity index (χ4v) is 2.35. The summed E-state index contributed by atoms with van der Waals surface area (Å²) in [6, 6.07) is 8.22. The Labute approximate surface area is 153 Å². The molecule has 7 nitrogen and oxygen atoms in total. The molecule has 9 heteroatoms. The third-order valence-corrected chi connectivity index (χ3v) is 3.87. The van der Waals surface area contributed by atoms with Crippen LogP contribution in [0.5, 0.6) is 0 Å². The van der Waals surface area contributed by atoms with Crippen molar-refractivity contribution < 1.29 is 9.32 Å². The van der Waals surface area contributed by atoms with E-state index in [4.69, 9.17) is 27.7 Å². The Morgan fingerprint density at radius 3 is 2.56 bits per heavy atom.